The molecule has 1 fully saturated rings. The van der Waals surface area contributed by atoms with Crippen LogP contribution < -0.4 is 11.1 Å². The molecule has 0 aromatic rings. The van der Waals surface area contributed by atoms with Gasteiger partial charge in [0.1, 0.15) is 0 Å². The Hall–Kier alpha value is -0.0800. The van der Waals surface area contributed by atoms with Crippen molar-refractivity contribution in [2.45, 2.75) is 45.8 Å². The normalized spacial score (nSPS) is 20.8. The van der Waals surface area contributed by atoms with Crippen LogP contribution in [0.3, 0.4) is 0 Å². The third kappa shape index (κ3) is 8.65. The zero-order chi connectivity index (χ0) is 13.8. The molecule has 0 bridgehead atoms. The summed E-state index contributed by atoms with van der Waals surface area (Å²) in [6.07, 6.45) is 0. The Morgan fingerprint density at radius 2 is 2.05 bits per heavy atom. The van der Waals surface area contributed by atoms with Gasteiger partial charge in [-0.2, -0.15) is 0 Å². The fourth-order valence-electron chi connectivity index (χ4n) is 2.04. The first-order valence-corrected chi connectivity index (χ1v) is 6.62. The molecule has 6 heteroatoms. The highest BCUT2D eigenvalue weighted by molar-refractivity contribution is 14.0. The van der Waals surface area contributed by atoms with Crippen molar-refractivity contribution in [1.82, 2.24) is 10.2 Å². The number of halogens is 1. The minimum absolute atomic E-state index is 0. The number of aliphatic imine (C=N–C) groups is 1. The lowest BCUT2D eigenvalue weighted by atomic mass is 10.1. The molecule has 114 valence electrons. The Kier molecular flexibility index (Phi) is 7.60. The summed E-state index contributed by atoms with van der Waals surface area (Å²) in [5.74, 6) is 0.523. The number of ether oxygens (including phenoxy) is 1. The summed E-state index contributed by atoms with van der Waals surface area (Å²) in [6, 6.07) is 0. The van der Waals surface area contributed by atoms with Crippen molar-refractivity contribution in [2.75, 3.05) is 32.8 Å². The number of nitrogens with one attached hydrogen (secondary N) is 1. The number of nitrogens with two attached hydrogens (primary N) is 1. The molecule has 0 aromatic carbocycles. The molecule has 1 heterocycles. The van der Waals surface area contributed by atoms with Crippen molar-refractivity contribution >= 4 is 29.9 Å². The van der Waals surface area contributed by atoms with Gasteiger partial charge in [-0.1, -0.05) is 0 Å². The number of hydrogen-bond donors (Lipinski definition) is 2. The van der Waals surface area contributed by atoms with Crippen LogP contribution in [0.25, 0.3) is 0 Å². The Balaban J connectivity index is 0.00000324. The number of hydrogen-bond acceptors (Lipinski definition) is 3. The first-order valence-electron chi connectivity index (χ1n) is 6.62. The van der Waals surface area contributed by atoms with Gasteiger partial charge in [-0.25, -0.2) is 0 Å². The second-order valence-corrected chi connectivity index (χ2v) is 6.53. The molecule has 1 aliphatic rings. The van der Waals surface area contributed by atoms with Crippen LogP contribution in [0.15, 0.2) is 4.99 Å². The molecule has 19 heavy (non-hydrogen) atoms. The van der Waals surface area contributed by atoms with E-state index >= 15 is 0 Å². The maximum absolute atomic E-state index is 5.82. The topological polar surface area (TPSA) is 62.9 Å². The summed E-state index contributed by atoms with van der Waals surface area (Å²) in [5.41, 5.74) is 5.75. The van der Waals surface area contributed by atoms with E-state index in [-0.39, 0.29) is 35.1 Å². The van der Waals surface area contributed by atoms with Gasteiger partial charge in [0.15, 0.2) is 5.96 Å². The summed E-state index contributed by atoms with van der Waals surface area (Å²) in [5, 5.41) is 3.16. The predicted octanol–water partition coefficient (Wildman–Crippen LogP) is 1.42. The third-order valence-electron chi connectivity index (χ3n) is 2.71. The first kappa shape index (κ1) is 18.9. The molecular formula is C13H29IN4O. The van der Waals surface area contributed by atoms with Crippen molar-refractivity contribution in [3.8, 4) is 0 Å². The van der Waals surface area contributed by atoms with Gasteiger partial charge < -0.3 is 15.8 Å². The van der Waals surface area contributed by atoms with E-state index in [0.717, 1.165) is 32.8 Å². The zero-order valence-electron chi connectivity index (χ0n) is 12.8. The SMILES string of the molecule is CC(C)(C)NC(N)=NCCN1CCOC(C)(C)C1.I. The third-order valence-corrected chi connectivity index (χ3v) is 2.71. The zero-order valence-corrected chi connectivity index (χ0v) is 15.2. The molecule has 0 aromatic heterocycles. The maximum Gasteiger partial charge on any atom is 0.189 e. The van der Waals surface area contributed by atoms with E-state index in [1.807, 2.05) is 0 Å². The summed E-state index contributed by atoms with van der Waals surface area (Å²) in [7, 11) is 0. The van der Waals surface area contributed by atoms with E-state index in [9.17, 15) is 0 Å². The van der Waals surface area contributed by atoms with E-state index < -0.39 is 0 Å². The van der Waals surface area contributed by atoms with E-state index in [0.29, 0.717) is 5.96 Å². The number of guanidine groups is 1. The molecule has 0 atom stereocenters. The smallest absolute Gasteiger partial charge is 0.189 e. The summed E-state index contributed by atoms with van der Waals surface area (Å²) in [6.45, 7) is 14.8. The largest absolute Gasteiger partial charge is 0.373 e. The lowest BCUT2D eigenvalue weighted by molar-refractivity contribution is -0.0850. The van der Waals surface area contributed by atoms with E-state index in [1.165, 1.54) is 0 Å². The molecule has 1 aliphatic heterocycles. The van der Waals surface area contributed by atoms with E-state index in [2.05, 4.69) is 49.8 Å². The van der Waals surface area contributed by atoms with Gasteiger partial charge in [0.2, 0.25) is 0 Å². The molecule has 0 amide bonds. The Labute approximate surface area is 134 Å². The molecule has 3 N–H and O–H groups in total. The molecule has 0 saturated carbocycles. The highest BCUT2D eigenvalue weighted by Gasteiger charge is 2.26. The standard InChI is InChI=1S/C13H28N4O.HI/c1-12(2,3)16-11(14)15-6-7-17-8-9-18-13(4,5)10-17;/h6-10H2,1-5H3,(H3,14,15,16);1H. The highest BCUT2D eigenvalue weighted by Crippen LogP contribution is 2.15. The van der Waals surface area contributed by atoms with Gasteiger partial charge >= 0.3 is 0 Å². The second kappa shape index (κ2) is 7.64. The monoisotopic (exact) mass is 384 g/mol. The predicted molar refractivity (Wildman–Crippen MR) is 91.3 cm³/mol. The molecule has 0 radical (unpaired) electrons. The Bertz CT molecular complexity index is 300. The summed E-state index contributed by atoms with van der Waals surface area (Å²) < 4.78 is 5.67. The fraction of sp³-hybridized carbons (Fsp3) is 0.923. The van der Waals surface area contributed by atoms with Crippen LogP contribution in [0.2, 0.25) is 0 Å². The van der Waals surface area contributed by atoms with Gasteiger partial charge in [0.05, 0.1) is 18.8 Å². The quantitative estimate of drug-likeness (QED) is 0.439. The van der Waals surface area contributed by atoms with Crippen LogP contribution in [0, 0.1) is 0 Å². The molecule has 1 rings (SSSR count). The van der Waals surface area contributed by atoms with Crippen molar-refractivity contribution < 1.29 is 4.74 Å². The maximum atomic E-state index is 5.82. The number of rotatable bonds is 3. The summed E-state index contributed by atoms with van der Waals surface area (Å²) in [4.78, 5) is 6.72. The summed E-state index contributed by atoms with van der Waals surface area (Å²) >= 11 is 0. The van der Waals surface area contributed by atoms with Crippen LogP contribution in [0.1, 0.15) is 34.6 Å². The van der Waals surface area contributed by atoms with Gasteiger partial charge in [0.25, 0.3) is 0 Å². The van der Waals surface area contributed by atoms with Crippen molar-refractivity contribution in [1.29, 1.82) is 0 Å². The molecular weight excluding hydrogens is 355 g/mol. The minimum Gasteiger partial charge on any atom is -0.373 e. The first-order chi connectivity index (χ1) is 8.18. The Morgan fingerprint density at radius 1 is 1.42 bits per heavy atom. The van der Waals surface area contributed by atoms with Crippen LogP contribution in [-0.2, 0) is 4.74 Å². The average Bonchev–Trinajstić information content (AvgIpc) is 2.12. The second-order valence-electron chi connectivity index (χ2n) is 6.53. The van der Waals surface area contributed by atoms with Gasteiger partial charge in [-0.15, -0.1) is 24.0 Å². The molecule has 0 unspecified atom stereocenters. The number of morpholine rings is 1. The van der Waals surface area contributed by atoms with Crippen LogP contribution in [0.5, 0.6) is 0 Å². The van der Waals surface area contributed by atoms with Crippen molar-refractivity contribution in [3.63, 3.8) is 0 Å². The Morgan fingerprint density at radius 3 is 2.58 bits per heavy atom. The van der Waals surface area contributed by atoms with Crippen molar-refractivity contribution in [2.24, 2.45) is 10.7 Å². The van der Waals surface area contributed by atoms with E-state index in [1.54, 1.807) is 0 Å². The van der Waals surface area contributed by atoms with Crippen LogP contribution >= 0.6 is 24.0 Å². The van der Waals surface area contributed by atoms with Gasteiger partial charge in [-0.3, -0.25) is 9.89 Å². The molecule has 0 aliphatic carbocycles. The lowest BCUT2D eigenvalue weighted by Crippen LogP contribution is -2.49. The van der Waals surface area contributed by atoms with Crippen LogP contribution in [-0.4, -0.2) is 54.8 Å². The number of nitrogens with zero attached hydrogens (tertiary/aromatic N) is 2. The molecule has 5 nitrogen and oxygen atoms in total. The molecule has 0 spiro atoms. The van der Waals surface area contributed by atoms with Gasteiger partial charge in [0, 0.05) is 25.2 Å². The lowest BCUT2D eigenvalue weighted by Gasteiger charge is -2.37. The highest BCUT2D eigenvalue weighted by atomic mass is 127. The van der Waals surface area contributed by atoms with Gasteiger partial charge in [-0.05, 0) is 34.6 Å². The van der Waals surface area contributed by atoms with E-state index in [4.69, 9.17) is 10.5 Å². The molecule has 1 saturated heterocycles. The van der Waals surface area contributed by atoms with Crippen LogP contribution in [0.4, 0.5) is 0 Å². The van der Waals surface area contributed by atoms with Crippen molar-refractivity contribution in [3.05, 3.63) is 0 Å². The minimum atomic E-state index is -0.0445. The average molecular weight is 384 g/mol. The fourth-order valence-corrected chi connectivity index (χ4v) is 2.04.